The van der Waals surface area contributed by atoms with Gasteiger partial charge in [-0.3, -0.25) is 0 Å². The monoisotopic (exact) mass is 79.0 g/mol. The topological polar surface area (TPSA) is 23.8 Å². The Balaban J connectivity index is 3.40. The largest absolute Gasteiger partial charge is 0.197 e. The second-order valence-electron chi connectivity index (χ2n) is 1.02. The molecule has 1 nitrogen and oxygen atoms in total. The molecule has 0 saturated carbocycles. The molecule has 0 saturated heterocycles. The molecule has 0 aromatic heterocycles. The van der Waals surface area contributed by atoms with Crippen LogP contribution in [0.4, 0.5) is 0 Å². The molecule has 0 aliphatic rings. The normalized spacial score (nSPS) is 11.2. The van der Waals surface area contributed by atoms with Gasteiger partial charge in [0.15, 0.2) is 0 Å². The Morgan fingerprint density at radius 2 is 2.33 bits per heavy atom. The van der Waals surface area contributed by atoms with Crippen LogP contribution in [-0.4, -0.2) is 0 Å². The first kappa shape index (κ1) is 5.05. The van der Waals surface area contributed by atoms with Crippen LogP contribution in [0.5, 0.6) is 0 Å². The standard InChI is InChI=1S/C5H5N/c1-3-5(2)4-6/h1,5H,2H3. The van der Waals surface area contributed by atoms with E-state index in [-0.39, 0.29) is 5.92 Å². The molecule has 0 heterocycles. The average Bonchev–Trinajstić information content (AvgIpc) is 1.65. The molecule has 0 N–H and O–H groups in total. The average molecular weight is 79.1 g/mol. The van der Waals surface area contributed by atoms with E-state index in [4.69, 9.17) is 11.7 Å². The summed E-state index contributed by atoms with van der Waals surface area (Å²) in [5, 5.41) is 7.94. The van der Waals surface area contributed by atoms with Gasteiger partial charge in [-0.15, -0.1) is 6.42 Å². The van der Waals surface area contributed by atoms with E-state index in [2.05, 4.69) is 5.92 Å². The first-order valence-corrected chi connectivity index (χ1v) is 1.67. The highest BCUT2D eigenvalue weighted by Crippen LogP contribution is 1.82. The van der Waals surface area contributed by atoms with Crippen LogP contribution in [0.25, 0.3) is 0 Å². The summed E-state index contributed by atoms with van der Waals surface area (Å²) in [4.78, 5) is 0. The van der Waals surface area contributed by atoms with Crippen LogP contribution in [-0.2, 0) is 0 Å². The molecule has 1 unspecified atom stereocenters. The van der Waals surface area contributed by atoms with E-state index >= 15 is 0 Å². The minimum atomic E-state index is -0.231. The zero-order chi connectivity index (χ0) is 4.99. The molecule has 0 fully saturated rings. The number of nitrogens with zero attached hydrogens (tertiary/aromatic N) is 1. The van der Waals surface area contributed by atoms with E-state index in [0.717, 1.165) is 0 Å². The zero-order valence-electron chi connectivity index (χ0n) is 3.60. The summed E-state index contributed by atoms with van der Waals surface area (Å²) in [5.74, 6) is 2.02. The zero-order valence-corrected chi connectivity index (χ0v) is 3.60. The van der Waals surface area contributed by atoms with Crippen LogP contribution >= 0.6 is 0 Å². The Morgan fingerprint density at radius 1 is 1.83 bits per heavy atom. The minimum absolute atomic E-state index is 0.231. The second kappa shape index (κ2) is 2.30. The van der Waals surface area contributed by atoms with Gasteiger partial charge in [0.25, 0.3) is 0 Å². The van der Waals surface area contributed by atoms with Crippen molar-refractivity contribution in [3.8, 4) is 18.4 Å². The van der Waals surface area contributed by atoms with Gasteiger partial charge in [-0.2, -0.15) is 5.26 Å². The molecule has 0 amide bonds. The van der Waals surface area contributed by atoms with Gasteiger partial charge >= 0.3 is 0 Å². The van der Waals surface area contributed by atoms with Gasteiger partial charge in [-0.1, -0.05) is 5.92 Å². The summed E-state index contributed by atoms with van der Waals surface area (Å²) < 4.78 is 0. The quantitative estimate of drug-likeness (QED) is 0.393. The molecular formula is C5H5N. The summed E-state index contributed by atoms with van der Waals surface area (Å²) in [5.41, 5.74) is 0. The highest BCUT2D eigenvalue weighted by molar-refractivity contribution is 5.02. The molecule has 1 atom stereocenters. The van der Waals surface area contributed by atoms with Crippen molar-refractivity contribution < 1.29 is 0 Å². The smallest absolute Gasteiger partial charge is 0.104 e. The van der Waals surface area contributed by atoms with Gasteiger partial charge in [-0.05, 0) is 6.92 Å². The molecule has 0 aromatic rings. The lowest BCUT2D eigenvalue weighted by atomic mass is 10.2. The van der Waals surface area contributed by atoms with E-state index in [9.17, 15) is 0 Å². The van der Waals surface area contributed by atoms with Gasteiger partial charge < -0.3 is 0 Å². The van der Waals surface area contributed by atoms with Crippen molar-refractivity contribution in [1.82, 2.24) is 0 Å². The Morgan fingerprint density at radius 3 is 2.33 bits per heavy atom. The van der Waals surface area contributed by atoms with Crippen LogP contribution in [0.2, 0.25) is 0 Å². The molecule has 0 aromatic carbocycles. The van der Waals surface area contributed by atoms with Crippen molar-refractivity contribution in [3.05, 3.63) is 0 Å². The third-order valence-corrected chi connectivity index (χ3v) is 0.444. The van der Waals surface area contributed by atoms with Gasteiger partial charge in [0.2, 0.25) is 0 Å². The maximum absolute atomic E-state index is 7.94. The van der Waals surface area contributed by atoms with Gasteiger partial charge in [0.05, 0.1) is 6.07 Å². The highest BCUT2D eigenvalue weighted by Gasteiger charge is 1.84. The highest BCUT2D eigenvalue weighted by atomic mass is 14.2. The van der Waals surface area contributed by atoms with Crippen LogP contribution in [0.1, 0.15) is 6.92 Å². The minimum Gasteiger partial charge on any atom is -0.197 e. The maximum atomic E-state index is 7.94. The van der Waals surface area contributed by atoms with Crippen molar-refractivity contribution >= 4 is 0 Å². The lowest BCUT2D eigenvalue weighted by molar-refractivity contribution is 0.998. The molecule has 0 rings (SSSR count). The Hall–Kier alpha value is -0.950. The number of hydrogen-bond donors (Lipinski definition) is 0. The molecule has 6 heavy (non-hydrogen) atoms. The predicted molar refractivity (Wildman–Crippen MR) is 23.6 cm³/mol. The summed E-state index contributed by atoms with van der Waals surface area (Å²) in [7, 11) is 0. The fourth-order valence-corrected chi connectivity index (χ4v) is 0.0373. The third-order valence-electron chi connectivity index (χ3n) is 0.444. The number of hydrogen-bond acceptors (Lipinski definition) is 1. The van der Waals surface area contributed by atoms with Crippen LogP contribution < -0.4 is 0 Å². The predicted octanol–water partition coefficient (Wildman–Crippen LogP) is 0.779. The van der Waals surface area contributed by atoms with Crippen LogP contribution in [0.3, 0.4) is 0 Å². The molecular weight excluding hydrogens is 74.1 g/mol. The summed E-state index contributed by atoms with van der Waals surface area (Å²) in [6.07, 6.45) is 4.81. The summed E-state index contributed by atoms with van der Waals surface area (Å²) >= 11 is 0. The molecule has 0 bridgehead atoms. The van der Waals surface area contributed by atoms with Crippen molar-refractivity contribution in [3.63, 3.8) is 0 Å². The molecule has 30 valence electrons. The van der Waals surface area contributed by atoms with Crippen molar-refractivity contribution in [2.24, 2.45) is 5.92 Å². The lowest BCUT2D eigenvalue weighted by Crippen LogP contribution is -1.78. The van der Waals surface area contributed by atoms with Crippen LogP contribution in [0.15, 0.2) is 0 Å². The first-order valence-electron chi connectivity index (χ1n) is 1.67. The first-order chi connectivity index (χ1) is 2.81. The molecule has 0 aliphatic heterocycles. The lowest BCUT2D eigenvalue weighted by Gasteiger charge is -1.76. The van der Waals surface area contributed by atoms with Crippen molar-refractivity contribution in [2.75, 3.05) is 0 Å². The van der Waals surface area contributed by atoms with E-state index in [1.54, 1.807) is 6.92 Å². The Labute approximate surface area is 37.6 Å². The summed E-state index contributed by atoms with van der Waals surface area (Å²) in [6.45, 7) is 1.68. The van der Waals surface area contributed by atoms with Crippen LogP contribution in [0, 0.1) is 29.6 Å². The van der Waals surface area contributed by atoms with Crippen molar-refractivity contribution in [1.29, 1.82) is 5.26 Å². The number of terminal acetylenes is 1. The maximum Gasteiger partial charge on any atom is 0.104 e. The molecule has 0 aliphatic carbocycles. The van der Waals surface area contributed by atoms with E-state index in [1.807, 2.05) is 6.07 Å². The van der Waals surface area contributed by atoms with Gasteiger partial charge in [-0.25, -0.2) is 0 Å². The third kappa shape index (κ3) is 1.38. The van der Waals surface area contributed by atoms with Gasteiger partial charge in [0.1, 0.15) is 5.92 Å². The van der Waals surface area contributed by atoms with Crippen molar-refractivity contribution in [2.45, 2.75) is 6.92 Å². The SMILES string of the molecule is C#CC(C)C#N. The fraction of sp³-hybridized carbons (Fsp3) is 0.400. The number of nitriles is 1. The molecule has 0 radical (unpaired) electrons. The van der Waals surface area contributed by atoms with E-state index < -0.39 is 0 Å². The van der Waals surface area contributed by atoms with Gasteiger partial charge in [0, 0.05) is 0 Å². The molecule has 0 spiro atoms. The number of rotatable bonds is 0. The molecule has 1 heteroatoms. The van der Waals surface area contributed by atoms with E-state index in [1.165, 1.54) is 0 Å². The Kier molecular flexibility index (Phi) is 1.93. The fourth-order valence-electron chi connectivity index (χ4n) is 0.0373. The second-order valence-corrected chi connectivity index (χ2v) is 1.02. The van der Waals surface area contributed by atoms with E-state index in [0.29, 0.717) is 0 Å². The Bertz CT molecular complexity index is 88.1. The summed E-state index contributed by atoms with van der Waals surface area (Å²) in [6, 6.07) is 1.88.